The summed E-state index contributed by atoms with van der Waals surface area (Å²) in [5, 5.41) is 3.01. The van der Waals surface area contributed by atoms with E-state index in [1.807, 2.05) is 6.07 Å². The first-order valence-electron chi connectivity index (χ1n) is 7.79. The van der Waals surface area contributed by atoms with Crippen LogP contribution in [0.15, 0.2) is 30.3 Å². The van der Waals surface area contributed by atoms with Gasteiger partial charge in [0.15, 0.2) is 0 Å². The number of nitrogens with one attached hydrogen (secondary N) is 1. The molecule has 1 aromatic carbocycles. The Morgan fingerprint density at radius 2 is 1.90 bits per heavy atom. The molecule has 0 aliphatic rings. The van der Waals surface area contributed by atoms with Crippen molar-refractivity contribution in [2.75, 3.05) is 26.2 Å². The first-order valence-corrected chi connectivity index (χ1v) is 7.79. The number of carbonyl (C=O) groups is 1. The van der Waals surface area contributed by atoms with Gasteiger partial charge in [-0.25, -0.2) is 0 Å². The minimum atomic E-state index is 0.149. The lowest BCUT2D eigenvalue weighted by Crippen LogP contribution is -2.38. The Bertz CT molecular complexity index is 365. The molecule has 0 saturated carbocycles. The zero-order valence-electron chi connectivity index (χ0n) is 12.9. The molecule has 1 rings (SSSR count). The summed E-state index contributed by atoms with van der Waals surface area (Å²) < 4.78 is 0. The lowest BCUT2D eigenvalue weighted by molar-refractivity contribution is -0.122. The SMILES string of the molecule is CCCCN(CC)CC(=O)NCCCc1ccccc1. The van der Waals surface area contributed by atoms with Crippen LogP contribution in [0.1, 0.15) is 38.7 Å². The predicted molar refractivity (Wildman–Crippen MR) is 84.8 cm³/mol. The molecule has 0 spiro atoms. The van der Waals surface area contributed by atoms with Crippen LogP contribution in [0.3, 0.4) is 0 Å². The molecule has 0 fully saturated rings. The van der Waals surface area contributed by atoms with Crippen molar-refractivity contribution < 1.29 is 4.79 Å². The van der Waals surface area contributed by atoms with Gasteiger partial charge in [-0.05, 0) is 37.9 Å². The van der Waals surface area contributed by atoms with Crippen LogP contribution >= 0.6 is 0 Å². The van der Waals surface area contributed by atoms with Crippen LogP contribution < -0.4 is 5.32 Å². The lowest BCUT2D eigenvalue weighted by Gasteiger charge is -2.19. The van der Waals surface area contributed by atoms with Crippen molar-refractivity contribution in [1.82, 2.24) is 10.2 Å². The number of aryl methyl sites for hydroxylation is 1. The second-order valence-electron chi connectivity index (χ2n) is 5.16. The number of amides is 1. The molecule has 3 heteroatoms. The van der Waals surface area contributed by atoms with Crippen LogP contribution in [0.25, 0.3) is 0 Å². The Morgan fingerprint density at radius 3 is 2.55 bits per heavy atom. The molecule has 1 amide bonds. The topological polar surface area (TPSA) is 32.3 Å². The molecule has 0 saturated heterocycles. The summed E-state index contributed by atoms with van der Waals surface area (Å²) in [5.41, 5.74) is 1.33. The van der Waals surface area contributed by atoms with Gasteiger partial charge < -0.3 is 5.32 Å². The van der Waals surface area contributed by atoms with Gasteiger partial charge in [0, 0.05) is 6.54 Å². The van der Waals surface area contributed by atoms with Crippen LogP contribution in [0.5, 0.6) is 0 Å². The van der Waals surface area contributed by atoms with Crippen LogP contribution in [-0.4, -0.2) is 37.0 Å². The van der Waals surface area contributed by atoms with Crippen molar-refractivity contribution in [2.45, 2.75) is 39.5 Å². The Morgan fingerprint density at radius 1 is 1.15 bits per heavy atom. The van der Waals surface area contributed by atoms with Gasteiger partial charge in [0.2, 0.25) is 5.91 Å². The summed E-state index contributed by atoms with van der Waals surface area (Å²) in [5.74, 6) is 0.149. The number of benzene rings is 1. The van der Waals surface area contributed by atoms with Crippen molar-refractivity contribution >= 4 is 5.91 Å². The molecule has 0 bridgehead atoms. The molecule has 0 radical (unpaired) electrons. The zero-order chi connectivity index (χ0) is 14.6. The second-order valence-corrected chi connectivity index (χ2v) is 5.16. The maximum atomic E-state index is 11.8. The average molecular weight is 276 g/mol. The van der Waals surface area contributed by atoms with E-state index in [1.165, 1.54) is 12.0 Å². The van der Waals surface area contributed by atoms with Crippen molar-refractivity contribution in [3.8, 4) is 0 Å². The van der Waals surface area contributed by atoms with Gasteiger partial charge >= 0.3 is 0 Å². The highest BCUT2D eigenvalue weighted by atomic mass is 16.2. The number of rotatable bonds is 10. The van der Waals surface area contributed by atoms with E-state index in [9.17, 15) is 4.79 Å². The molecule has 0 unspecified atom stereocenters. The maximum Gasteiger partial charge on any atom is 0.234 e. The van der Waals surface area contributed by atoms with E-state index in [2.05, 4.69) is 48.3 Å². The Balaban J connectivity index is 2.13. The van der Waals surface area contributed by atoms with Crippen molar-refractivity contribution in [1.29, 1.82) is 0 Å². The first kappa shape index (κ1) is 16.7. The molecule has 0 atom stereocenters. The van der Waals surface area contributed by atoms with E-state index in [0.29, 0.717) is 6.54 Å². The van der Waals surface area contributed by atoms with E-state index in [1.54, 1.807) is 0 Å². The van der Waals surface area contributed by atoms with Gasteiger partial charge in [-0.2, -0.15) is 0 Å². The number of hydrogen-bond donors (Lipinski definition) is 1. The highest BCUT2D eigenvalue weighted by molar-refractivity contribution is 5.77. The van der Waals surface area contributed by atoms with Gasteiger partial charge in [-0.3, -0.25) is 9.69 Å². The zero-order valence-corrected chi connectivity index (χ0v) is 12.9. The second kappa shape index (κ2) is 10.4. The van der Waals surface area contributed by atoms with Gasteiger partial charge in [-0.15, -0.1) is 0 Å². The fourth-order valence-electron chi connectivity index (χ4n) is 2.15. The third-order valence-corrected chi connectivity index (χ3v) is 3.45. The maximum absolute atomic E-state index is 11.8. The van der Waals surface area contributed by atoms with E-state index in [0.717, 1.165) is 38.9 Å². The normalized spacial score (nSPS) is 10.8. The summed E-state index contributed by atoms with van der Waals surface area (Å²) in [6.07, 6.45) is 4.36. The van der Waals surface area contributed by atoms with Crippen LogP contribution in [0.2, 0.25) is 0 Å². The molecular formula is C17H28N2O. The smallest absolute Gasteiger partial charge is 0.234 e. The Labute approximate surface area is 123 Å². The summed E-state index contributed by atoms with van der Waals surface area (Å²) in [7, 11) is 0. The minimum Gasteiger partial charge on any atom is -0.355 e. The fourth-order valence-corrected chi connectivity index (χ4v) is 2.15. The molecule has 0 heterocycles. The van der Waals surface area contributed by atoms with Crippen molar-refractivity contribution in [3.63, 3.8) is 0 Å². The largest absolute Gasteiger partial charge is 0.355 e. The van der Waals surface area contributed by atoms with Crippen molar-refractivity contribution in [3.05, 3.63) is 35.9 Å². The number of nitrogens with zero attached hydrogens (tertiary/aromatic N) is 1. The average Bonchev–Trinajstić information content (AvgIpc) is 2.49. The highest BCUT2D eigenvalue weighted by Gasteiger charge is 2.07. The quantitative estimate of drug-likeness (QED) is 0.666. The molecule has 112 valence electrons. The summed E-state index contributed by atoms with van der Waals surface area (Å²) >= 11 is 0. The van der Waals surface area contributed by atoms with Gasteiger partial charge in [0.05, 0.1) is 6.54 Å². The molecular weight excluding hydrogens is 248 g/mol. The molecule has 0 aliphatic carbocycles. The number of likely N-dealkylation sites (N-methyl/N-ethyl adjacent to an activating group) is 1. The lowest BCUT2D eigenvalue weighted by atomic mass is 10.1. The van der Waals surface area contributed by atoms with Gasteiger partial charge in [0.25, 0.3) is 0 Å². The van der Waals surface area contributed by atoms with Crippen LogP contribution in [0, 0.1) is 0 Å². The molecule has 1 N–H and O–H groups in total. The van der Waals surface area contributed by atoms with E-state index in [-0.39, 0.29) is 5.91 Å². The van der Waals surface area contributed by atoms with Crippen LogP contribution in [0.4, 0.5) is 0 Å². The first-order chi connectivity index (χ1) is 9.76. The fraction of sp³-hybridized carbons (Fsp3) is 0.588. The third-order valence-electron chi connectivity index (χ3n) is 3.45. The van der Waals surface area contributed by atoms with E-state index < -0.39 is 0 Å². The summed E-state index contributed by atoms with van der Waals surface area (Å²) in [6.45, 7) is 7.54. The van der Waals surface area contributed by atoms with E-state index >= 15 is 0 Å². The van der Waals surface area contributed by atoms with Gasteiger partial charge in [-0.1, -0.05) is 50.6 Å². The third kappa shape index (κ3) is 7.29. The monoisotopic (exact) mass is 276 g/mol. The Kier molecular flexibility index (Phi) is 8.72. The summed E-state index contributed by atoms with van der Waals surface area (Å²) in [4.78, 5) is 14.0. The molecule has 0 aliphatic heterocycles. The van der Waals surface area contributed by atoms with E-state index in [4.69, 9.17) is 0 Å². The van der Waals surface area contributed by atoms with Crippen LogP contribution in [-0.2, 0) is 11.2 Å². The standard InChI is InChI=1S/C17H28N2O/c1-3-5-14-19(4-2)15-17(20)18-13-9-12-16-10-7-6-8-11-16/h6-8,10-11H,3-5,9,12-15H2,1-2H3,(H,18,20). The molecule has 20 heavy (non-hydrogen) atoms. The summed E-state index contributed by atoms with van der Waals surface area (Å²) in [6, 6.07) is 10.4. The number of hydrogen-bond acceptors (Lipinski definition) is 2. The van der Waals surface area contributed by atoms with Gasteiger partial charge in [0.1, 0.15) is 0 Å². The Hall–Kier alpha value is -1.35. The predicted octanol–water partition coefficient (Wildman–Crippen LogP) is 2.86. The number of carbonyl (C=O) groups excluding carboxylic acids is 1. The molecule has 0 aromatic heterocycles. The molecule has 1 aromatic rings. The minimum absolute atomic E-state index is 0.149. The number of unbranched alkanes of at least 4 members (excludes halogenated alkanes) is 1. The van der Waals surface area contributed by atoms with Crippen molar-refractivity contribution in [2.24, 2.45) is 0 Å². The highest BCUT2D eigenvalue weighted by Crippen LogP contribution is 2.01. The molecule has 3 nitrogen and oxygen atoms in total.